The van der Waals surface area contributed by atoms with Gasteiger partial charge in [-0.2, -0.15) is 0 Å². The summed E-state index contributed by atoms with van der Waals surface area (Å²) >= 11 is 0. The van der Waals surface area contributed by atoms with Crippen LogP contribution >= 0.6 is 0 Å². The standard InChI is InChI=1S/C13H18O.C9H12.C8H10O.C6H10O2/c1-4-8-11(2)14-12(3)13-9-6-5-7-10-13;1-8(2)9-6-4-3-5-7-9;1-7(9)8-5-3-2-4-6-8;1-3-5-6(7)8-4-2/h5-7,9-10,12H,2,4,8H2,1,3H3;3-8H,1-2H3;2-7,9H,1H3;4H,2-3,5H2,1H3/t12-;;;/m1.../s1. The van der Waals surface area contributed by atoms with E-state index in [2.05, 4.69) is 82.0 Å². The Balaban J connectivity index is 0.000000522. The maximum Gasteiger partial charge on any atom is 0.310 e. The van der Waals surface area contributed by atoms with Crippen LogP contribution in [0.3, 0.4) is 0 Å². The number of benzene rings is 3. The van der Waals surface area contributed by atoms with Gasteiger partial charge in [-0.25, -0.2) is 0 Å². The van der Waals surface area contributed by atoms with E-state index in [-0.39, 0.29) is 18.2 Å². The van der Waals surface area contributed by atoms with Crippen molar-refractivity contribution in [3.63, 3.8) is 0 Å². The van der Waals surface area contributed by atoms with E-state index in [1.165, 1.54) is 11.1 Å². The zero-order valence-corrected chi connectivity index (χ0v) is 25.4. The Bertz CT molecular complexity index is 985. The van der Waals surface area contributed by atoms with E-state index in [0.717, 1.165) is 36.8 Å². The lowest BCUT2D eigenvalue weighted by Crippen LogP contribution is -1.99. The van der Waals surface area contributed by atoms with Gasteiger partial charge in [0, 0.05) is 12.8 Å². The van der Waals surface area contributed by atoms with Crippen molar-refractivity contribution in [2.24, 2.45) is 0 Å². The molecule has 0 aliphatic rings. The Kier molecular flexibility index (Phi) is 21.2. The van der Waals surface area contributed by atoms with Gasteiger partial charge >= 0.3 is 5.97 Å². The van der Waals surface area contributed by atoms with Gasteiger partial charge in [-0.15, -0.1) is 0 Å². The first-order valence-electron chi connectivity index (χ1n) is 14.1. The predicted molar refractivity (Wildman–Crippen MR) is 169 cm³/mol. The van der Waals surface area contributed by atoms with Crippen LogP contribution in [0.25, 0.3) is 0 Å². The molecule has 0 aliphatic heterocycles. The van der Waals surface area contributed by atoms with Gasteiger partial charge in [0.25, 0.3) is 0 Å². The third-order valence-corrected chi connectivity index (χ3v) is 5.56. The number of carbonyl (C=O) groups excluding carboxylic acids is 1. The second-order valence-corrected chi connectivity index (χ2v) is 9.52. The lowest BCUT2D eigenvalue weighted by molar-refractivity contribution is -0.137. The molecule has 0 fully saturated rings. The minimum absolute atomic E-state index is 0.107. The fourth-order valence-corrected chi connectivity index (χ4v) is 3.31. The molecule has 0 aliphatic carbocycles. The maximum atomic E-state index is 10.3. The third kappa shape index (κ3) is 18.6. The molecule has 0 saturated carbocycles. The minimum Gasteiger partial charge on any atom is -0.491 e. The van der Waals surface area contributed by atoms with Crippen molar-refractivity contribution in [1.29, 1.82) is 0 Å². The molecule has 3 aromatic rings. The summed E-state index contributed by atoms with van der Waals surface area (Å²) in [4.78, 5) is 10.3. The highest BCUT2D eigenvalue weighted by Crippen LogP contribution is 2.20. The molecule has 1 N–H and O–H groups in total. The van der Waals surface area contributed by atoms with Gasteiger partial charge in [-0.3, -0.25) is 4.79 Å². The smallest absolute Gasteiger partial charge is 0.310 e. The van der Waals surface area contributed by atoms with Crippen LogP contribution in [0.5, 0.6) is 0 Å². The summed E-state index contributed by atoms with van der Waals surface area (Å²) in [5.41, 5.74) is 3.58. The normalized spacial score (nSPS) is 11.1. The average molecular weight is 547 g/mol. The van der Waals surface area contributed by atoms with Crippen molar-refractivity contribution in [2.45, 2.75) is 85.4 Å². The fourth-order valence-electron chi connectivity index (χ4n) is 3.31. The van der Waals surface area contributed by atoms with Gasteiger partial charge < -0.3 is 14.6 Å². The second-order valence-electron chi connectivity index (χ2n) is 9.52. The molecule has 0 aromatic heterocycles. The highest BCUT2D eigenvalue weighted by molar-refractivity contribution is 5.69. The lowest BCUT2D eigenvalue weighted by atomic mass is 10.0. The van der Waals surface area contributed by atoms with E-state index >= 15 is 0 Å². The van der Waals surface area contributed by atoms with Gasteiger partial charge in [0.1, 0.15) is 6.10 Å². The first-order valence-corrected chi connectivity index (χ1v) is 14.1. The van der Waals surface area contributed by atoms with E-state index in [9.17, 15) is 4.79 Å². The number of aliphatic hydroxyl groups is 1. The van der Waals surface area contributed by atoms with Crippen LogP contribution in [0, 0.1) is 0 Å². The zero-order chi connectivity index (χ0) is 30.2. The largest absolute Gasteiger partial charge is 0.491 e. The number of rotatable bonds is 10. The van der Waals surface area contributed by atoms with Crippen molar-refractivity contribution >= 4 is 5.97 Å². The summed E-state index contributed by atoms with van der Waals surface area (Å²) in [6, 6.07) is 30.3. The molecule has 0 saturated heterocycles. The van der Waals surface area contributed by atoms with Crippen LogP contribution in [0.15, 0.2) is 116 Å². The number of esters is 1. The fraction of sp³-hybridized carbons (Fsp3) is 0.361. The molecule has 3 aromatic carbocycles. The molecule has 4 nitrogen and oxygen atoms in total. The molecule has 1 unspecified atom stereocenters. The summed E-state index contributed by atoms with van der Waals surface area (Å²) in [6.45, 7) is 19.4. The average Bonchev–Trinajstić information content (AvgIpc) is 2.96. The molecule has 2 atom stereocenters. The van der Waals surface area contributed by atoms with Crippen molar-refractivity contribution in [2.75, 3.05) is 0 Å². The van der Waals surface area contributed by atoms with E-state index in [4.69, 9.17) is 9.84 Å². The molecule has 0 radical (unpaired) electrons. The maximum absolute atomic E-state index is 10.3. The molecule has 0 heterocycles. The van der Waals surface area contributed by atoms with Gasteiger partial charge in [0.15, 0.2) is 0 Å². The third-order valence-electron chi connectivity index (χ3n) is 5.56. The van der Waals surface area contributed by atoms with E-state index in [1.54, 1.807) is 6.92 Å². The van der Waals surface area contributed by atoms with Crippen molar-refractivity contribution in [1.82, 2.24) is 0 Å². The molecular weight excluding hydrogens is 496 g/mol. The summed E-state index contributed by atoms with van der Waals surface area (Å²) in [6.07, 6.45) is 4.25. The molecular formula is C36H50O4. The van der Waals surface area contributed by atoms with Crippen LogP contribution in [0.4, 0.5) is 0 Å². The van der Waals surface area contributed by atoms with Crippen LogP contribution < -0.4 is 0 Å². The Morgan fingerprint density at radius 3 is 1.50 bits per heavy atom. The minimum atomic E-state index is -0.341. The monoisotopic (exact) mass is 546 g/mol. The molecule has 218 valence electrons. The van der Waals surface area contributed by atoms with Crippen LogP contribution in [0.2, 0.25) is 0 Å². The molecule has 0 amide bonds. The number of hydrogen-bond donors (Lipinski definition) is 1. The lowest BCUT2D eigenvalue weighted by Gasteiger charge is -2.16. The molecule has 40 heavy (non-hydrogen) atoms. The first kappa shape index (κ1) is 36.4. The van der Waals surface area contributed by atoms with Gasteiger partial charge in [0.05, 0.1) is 18.1 Å². The van der Waals surface area contributed by atoms with Crippen molar-refractivity contribution in [3.8, 4) is 0 Å². The van der Waals surface area contributed by atoms with E-state index in [0.29, 0.717) is 12.3 Å². The van der Waals surface area contributed by atoms with Crippen LogP contribution in [-0.2, 0) is 14.3 Å². The van der Waals surface area contributed by atoms with Crippen LogP contribution in [-0.4, -0.2) is 11.1 Å². The number of allylic oxidation sites excluding steroid dienone is 1. The number of ether oxygens (including phenoxy) is 2. The zero-order valence-electron chi connectivity index (χ0n) is 25.4. The molecule has 4 heteroatoms. The van der Waals surface area contributed by atoms with Crippen molar-refractivity contribution in [3.05, 3.63) is 133 Å². The Morgan fingerprint density at radius 1 is 0.750 bits per heavy atom. The number of aliphatic hydroxyl groups excluding tert-OH is 1. The first-order chi connectivity index (χ1) is 19.2. The molecule has 0 bridgehead atoms. The van der Waals surface area contributed by atoms with E-state index in [1.807, 2.05) is 61.5 Å². The summed E-state index contributed by atoms with van der Waals surface area (Å²) in [5.74, 6) is 1.33. The predicted octanol–water partition coefficient (Wildman–Crippen LogP) is 10.1. The summed E-state index contributed by atoms with van der Waals surface area (Å²) in [5, 5.41) is 9.02. The molecule has 0 spiro atoms. The Morgan fingerprint density at radius 2 is 1.18 bits per heavy atom. The quantitative estimate of drug-likeness (QED) is 0.203. The SMILES string of the molecule is C=C(CCC)O[C@H](C)c1ccccc1.C=COC(=O)CCC.CC(C)c1ccccc1.CC(O)c1ccccc1. The molecule has 3 rings (SSSR count). The van der Waals surface area contributed by atoms with E-state index < -0.39 is 0 Å². The van der Waals surface area contributed by atoms with Crippen LogP contribution in [0.1, 0.15) is 102 Å². The highest BCUT2D eigenvalue weighted by Gasteiger charge is 2.06. The highest BCUT2D eigenvalue weighted by atomic mass is 16.5. The Labute approximate surface area is 243 Å². The Hall–Kier alpha value is -3.63. The van der Waals surface area contributed by atoms with Crippen molar-refractivity contribution < 1.29 is 19.4 Å². The number of carbonyl (C=O) groups is 1. The second kappa shape index (κ2) is 23.3. The van der Waals surface area contributed by atoms with Gasteiger partial charge in [-0.05, 0) is 49.3 Å². The topological polar surface area (TPSA) is 55.8 Å². The number of hydrogen-bond acceptors (Lipinski definition) is 4. The summed E-state index contributed by atoms with van der Waals surface area (Å²) in [7, 11) is 0. The van der Waals surface area contributed by atoms with Gasteiger partial charge in [0.2, 0.25) is 0 Å². The van der Waals surface area contributed by atoms with Gasteiger partial charge in [-0.1, -0.05) is 132 Å². The summed E-state index contributed by atoms with van der Waals surface area (Å²) < 4.78 is 10.1.